The molecule has 3 aliphatic heterocycles. The largest absolute Gasteiger partial charge is 0.462 e. The van der Waals surface area contributed by atoms with Gasteiger partial charge in [-0.3, -0.25) is 9.59 Å². The number of carbonyl (C=O) groups excluding carboxylic acids is 2. The number of aliphatic hydroxyl groups excluding tert-OH is 11. The van der Waals surface area contributed by atoms with E-state index in [1.54, 1.807) is 85.9 Å². The molecule has 6 unspecified atom stereocenters. The van der Waals surface area contributed by atoms with Gasteiger partial charge in [-0.05, 0) is 26.2 Å². The van der Waals surface area contributed by atoms with Crippen molar-refractivity contribution in [1.82, 2.24) is 5.32 Å². The molecule has 0 radical (unpaired) electrons. The van der Waals surface area contributed by atoms with E-state index in [2.05, 4.69) is 5.32 Å². The van der Waals surface area contributed by atoms with Gasteiger partial charge in [0.25, 0.3) is 0 Å². The molecule has 0 aromatic heterocycles. The Morgan fingerprint density at radius 1 is 0.750 bits per heavy atom. The minimum Gasteiger partial charge on any atom is -0.462 e. The van der Waals surface area contributed by atoms with E-state index in [1.807, 2.05) is 6.92 Å². The minimum atomic E-state index is -2.34. The summed E-state index contributed by atoms with van der Waals surface area (Å²) >= 11 is 0. The zero-order valence-corrected chi connectivity index (χ0v) is 38.8. The van der Waals surface area contributed by atoms with E-state index in [0.717, 1.165) is 0 Å². The first-order valence-electron chi connectivity index (χ1n) is 23.2. The van der Waals surface area contributed by atoms with Crippen molar-refractivity contribution in [1.29, 1.82) is 0 Å². The van der Waals surface area contributed by atoms with Crippen LogP contribution in [0.15, 0.2) is 85.1 Å². The number of hydrogen-bond acceptors (Lipinski definition) is 19. The Kier molecular flexibility index (Phi) is 26.2. The minimum absolute atomic E-state index is 0.115. The lowest BCUT2D eigenvalue weighted by molar-refractivity contribution is -0.304. The van der Waals surface area contributed by atoms with Gasteiger partial charge in [-0.15, -0.1) is 0 Å². The average Bonchev–Trinajstić information content (AvgIpc) is 3.26. The highest BCUT2D eigenvalue weighted by Crippen LogP contribution is 2.38. The molecule has 386 valence electrons. The summed E-state index contributed by atoms with van der Waals surface area (Å²) in [5.74, 6) is -5.59. The number of allylic oxidation sites excluding steroid dienone is 12. The van der Waals surface area contributed by atoms with Crippen molar-refractivity contribution in [3.8, 4) is 0 Å². The van der Waals surface area contributed by atoms with Gasteiger partial charge in [0.15, 0.2) is 12.1 Å². The van der Waals surface area contributed by atoms with E-state index < -0.39 is 154 Å². The number of aliphatic hydroxyl groups is 12. The highest BCUT2D eigenvalue weighted by Gasteiger charge is 2.50. The number of nitrogens with two attached hydrogens (primary N) is 1. The number of cyclic esters (lactones) is 1. The van der Waals surface area contributed by atoms with Gasteiger partial charge in [-0.25, -0.2) is 0 Å². The SMILES string of the molecule is C[C@H]1C[C@H](O)[C@@H](C)/C=C/C=C/C=C/C=C/C=C/C=C/C=C/[C@H](O[C@@H]2OC[C@@H](O)[C@H](N)[C@@H]2O)C[C@@H]2O[C@](O)(CC(O)CC(O)C(O)CCC(O)CC(O)CC(=O)O1)C[C@H](O)[C@H]2C(=O)NCC(O)CO. The molecule has 0 aliphatic carbocycles. The van der Waals surface area contributed by atoms with E-state index in [-0.39, 0.29) is 44.6 Å². The molecule has 18 atom stereocenters. The molecule has 20 nitrogen and oxygen atoms in total. The Morgan fingerprint density at radius 2 is 1.35 bits per heavy atom. The molecular weight excluding hydrogens is 893 g/mol. The number of fused-ring (bicyclic) bond motifs is 2. The van der Waals surface area contributed by atoms with E-state index in [4.69, 9.17) is 24.7 Å². The molecule has 2 saturated heterocycles. The van der Waals surface area contributed by atoms with Crippen LogP contribution in [0.1, 0.15) is 71.6 Å². The van der Waals surface area contributed by atoms with Crippen LogP contribution in [-0.2, 0) is 28.5 Å². The van der Waals surface area contributed by atoms with Crippen molar-refractivity contribution in [3.05, 3.63) is 85.1 Å². The lowest BCUT2D eigenvalue weighted by Gasteiger charge is -2.45. The molecule has 0 aromatic carbocycles. The molecule has 3 heterocycles. The number of amides is 1. The fraction of sp³-hybridized carbons (Fsp3) is 0.667. The molecule has 3 rings (SSSR count). The van der Waals surface area contributed by atoms with Gasteiger partial charge in [0.1, 0.15) is 12.2 Å². The summed E-state index contributed by atoms with van der Waals surface area (Å²) in [6, 6.07) is -1.14. The molecule has 2 bridgehead atoms. The summed E-state index contributed by atoms with van der Waals surface area (Å²) < 4.78 is 23.1. The maximum absolute atomic E-state index is 13.6. The molecule has 15 N–H and O–H groups in total. The van der Waals surface area contributed by atoms with Gasteiger partial charge in [0, 0.05) is 44.6 Å². The Morgan fingerprint density at radius 3 is 1.97 bits per heavy atom. The molecule has 0 spiro atoms. The number of nitrogens with one attached hydrogen (secondary N) is 1. The summed E-state index contributed by atoms with van der Waals surface area (Å²) in [5, 5.41) is 130. The average molecular weight is 969 g/mol. The smallest absolute Gasteiger partial charge is 0.308 e. The maximum atomic E-state index is 13.6. The molecule has 0 saturated carbocycles. The zero-order chi connectivity index (χ0) is 50.4. The lowest BCUT2D eigenvalue weighted by atomic mass is 9.82. The first-order chi connectivity index (χ1) is 32.2. The number of ether oxygens (including phenoxy) is 4. The molecule has 20 heteroatoms. The molecule has 68 heavy (non-hydrogen) atoms. The first kappa shape index (κ1) is 58.8. The maximum Gasteiger partial charge on any atom is 0.308 e. The normalized spacial score (nSPS) is 42.2. The van der Waals surface area contributed by atoms with Crippen LogP contribution in [-0.4, -0.2) is 190 Å². The lowest BCUT2D eigenvalue weighted by Crippen LogP contribution is -2.59. The highest BCUT2D eigenvalue weighted by atomic mass is 16.7. The van der Waals surface area contributed by atoms with E-state index in [1.165, 1.54) is 6.08 Å². The molecule has 1 amide bonds. The quantitative estimate of drug-likeness (QED) is 0.134. The second kappa shape index (κ2) is 30.3. The van der Waals surface area contributed by atoms with E-state index in [0.29, 0.717) is 0 Å². The third-order valence-corrected chi connectivity index (χ3v) is 11.8. The van der Waals surface area contributed by atoms with Gasteiger partial charge in [-0.2, -0.15) is 0 Å². The molecule has 0 aromatic rings. The van der Waals surface area contributed by atoms with Crippen LogP contribution < -0.4 is 11.1 Å². The predicted molar refractivity (Wildman–Crippen MR) is 246 cm³/mol. The van der Waals surface area contributed by atoms with Gasteiger partial charge in [-0.1, -0.05) is 92.0 Å². The van der Waals surface area contributed by atoms with Gasteiger partial charge < -0.3 is 91.3 Å². The van der Waals surface area contributed by atoms with E-state index in [9.17, 15) is 70.9 Å². The van der Waals surface area contributed by atoms with Crippen molar-refractivity contribution >= 4 is 11.9 Å². The van der Waals surface area contributed by atoms with Crippen LogP contribution in [0.5, 0.6) is 0 Å². The van der Waals surface area contributed by atoms with E-state index >= 15 is 0 Å². The topological polar surface area (TPSA) is 352 Å². The van der Waals surface area contributed by atoms with Crippen molar-refractivity contribution < 1.29 is 89.8 Å². The predicted octanol–water partition coefficient (Wildman–Crippen LogP) is -1.54. The van der Waals surface area contributed by atoms with Gasteiger partial charge in [0.05, 0.1) is 98.7 Å². The summed E-state index contributed by atoms with van der Waals surface area (Å²) in [6.45, 7) is 2.09. The van der Waals surface area contributed by atoms with Crippen LogP contribution in [0.25, 0.3) is 0 Å². The number of carbonyl (C=O) groups is 2. The monoisotopic (exact) mass is 969 g/mol. The van der Waals surface area contributed by atoms with Crippen molar-refractivity contribution in [2.45, 2.75) is 169 Å². The fourth-order valence-corrected chi connectivity index (χ4v) is 7.91. The third kappa shape index (κ3) is 21.2. The second-order valence-electron chi connectivity index (χ2n) is 17.9. The van der Waals surface area contributed by atoms with Crippen molar-refractivity contribution in [3.63, 3.8) is 0 Å². The van der Waals surface area contributed by atoms with Crippen LogP contribution >= 0.6 is 0 Å². The van der Waals surface area contributed by atoms with Crippen LogP contribution in [0.4, 0.5) is 0 Å². The zero-order valence-electron chi connectivity index (χ0n) is 38.8. The Hall–Kier alpha value is -3.52. The Balaban J connectivity index is 1.90. The fourth-order valence-electron chi connectivity index (χ4n) is 7.91. The first-order valence-corrected chi connectivity index (χ1v) is 23.2. The van der Waals surface area contributed by atoms with Gasteiger partial charge >= 0.3 is 5.97 Å². The summed E-state index contributed by atoms with van der Waals surface area (Å²) in [7, 11) is 0. The third-order valence-electron chi connectivity index (χ3n) is 11.8. The molecule has 2 fully saturated rings. The molecular formula is C48H76N2O18. The molecule has 3 aliphatic rings. The summed E-state index contributed by atoms with van der Waals surface area (Å²) in [4.78, 5) is 26.1. The van der Waals surface area contributed by atoms with Gasteiger partial charge in [0.2, 0.25) is 5.91 Å². The number of esters is 1. The van der Waals surface area contributed by atoms with Crippen molar-refractivity contribution in [2.24, 2.45) is 17.6 Å². The van der Waals surface area contributed by atoms with Crippen LogP contribution in [0, 0.1) is 11.8 Å². The van der Waals surface area contributed by atoms with Crippen LogP contribution in [0.2, 0.25) is 0 Å². The number of rotatable bonds is 6. The standard InChI is InChI=1S/C48H76N2O18/c1-29-15-13-11-9-7-5-3-4-6-8-10-12-14-16-35(67-47-45(62)44(49)40(60)28-65-47)23-41-43(46(63)50-26-34(55)27-51)39(59)25-48(64,68-41)24-33(54)21-38(58)36(56)18-17-31(52)20-32(53)22-42(61)66-30(2)19-37(29)57/h3-16,29-41,43-45,47,51-60,62,64H,17-28,49H2,1-2H3,(H,50,63)/b4-3+,7-5+,8-6+,11-9+,12-10+,15-13+,16-14+/t29-,30-,31?,32?,33?,34?,35-,36?,37-,38?,39-,40+,41-,43+,44-,45-,47-,48+/m0/s1. The summed E-state index contributed by atoms with van der Waals surface area (Å²) in [6.07, 6.45) is 3.20. The highest BCUT2D eigenvalue weighted by molar-refractivity contribution is 5.80. The summed E-state index contributed by atoms with van der Waals surface area (Å²) in [5.41, 5.74) is 5.98. The van der Waals surface area contributed by atoms with Crippen LogP contribution in [0.3, 0.4) is 0 Å². The number of hydrogen-bond donors (Lipinski definition) is 14. The second-order valence-corrected chi connectivity index (χ2v) is 17.9. The van der Waals surface area contributed by atoms with Crippen molar-refractivity contribution in [2.75, 3.05) is 19.8 Å². The Labute approximate surface area is 397 Å². The Bertz CT molecular complexity index is 1710.